The van der Waals surface area contributed by atoms with E-state index in [-0.39, 0.29) is 5.69 Å². The van der Waals surface area contributed by atoms with E-state index in [0.29, 0.717) is 5.69 Å². The minimum absolute atomic E-state index is 0.178. The first-order valence-electron chi connectivity index (χ1n) is 3.45. The Balaban J connectivity index is 3.17. The lowest BCUT2D eigenvalue weighted by molar-refractivity contribution is 0.0594. The predicted molar refractivity (Wildman–Crippen MR) is 43.7 cm³/mol. The Hall–Kier alpha value is -1.52. The average molecular weight is 169 g/mol. The highest BCUT2D eigenvalue weighted by Crippen LogP contribution is 2.15. The molecule has 0 radical (unpaired) electrons. The van der Waals surface area contributed by atoms with Crippen molar-refractivity contribution in [2.24, 2.45) is 7.05 Å². The quantitative estimate of drug-likeness (QED) is 0.605. The second kappa shape index (κ2) is 2.84. The van der Waals surface area contributed by atoms with Crippen LogP contribution >= 0.6 is 0 Å². The van der Waals surface area contributed by atoms with Crippen LogP contribution in [0.2, 0.25) is 0 Å². The van der Waals surface area contributed by atoms with Gasteiger partial charge in [-0.25, -0.2) is 4.79 Å². The number of carbonyl (C=O) groups is 1. The maximum Gasteiger partial charge on any atom is 0.360 e. The number of rotatable bonds is 1. The van der Waals surface area contributed by atoms with E-state index in [1.807, 2.05) is 0 Å². The highest BCUT2D eigenvalue weighted by atomic mass is 16.5. The molecule has 1 aromatic heterocycles. The smallest absolute Gasteiger partial charge is 0.360 e. The standard InChI is InChI=1S/C7H11N3O2/c1-4-5(8)6(7(11)12-3)9-10(4)2/h8H2,1-3H3. The van der Waals surface area contributed by atoms with Crippen LogP contribution in [0.3, 0.4) is 0 Å². The maximum absolute atomic E-state index is 11.0. The zero-order chi connectivity index (χ0) is 9.30. The van der Waals surface area contributed by atoms with Gasteiger partial charge in [0.2, 0.25) is 0 Å². The van der Waals surface area contributed by atoms with Gasteiger partial charge in [0.05, 0.1) is 18.5 Å². The van der Waals surface area contributed by atoms with Crippen molar-refractivity contribution >= 4 is 11.7 Å². The summed E-state index contributed by atoms with van der Waals surface area (Å²) in [6.45, 7) is 1.79. The summed E-state index contributed by atoms with van der Waals surface area (Å²) >= 11 is 0. The third-order valence-electron chi connectivity index (χ3n) is 1.76. The summed E-state index contributed by atoms with van der Waals surface area (Å²) in [6.07, 6.45) is 0. The molecule has 0 aromatic carbocycles. The summed E-state index contributed by atoms with van der Waals surface area (Å²) in [4.78, 5) is 11.0. The van der Waals surface area contributed by atoms with Crippen molar-refractivity contribution in [2.75, 3.05) is 12.8 Å². The summed E-state index contributed by atoms with van der Waals surface area (Å²) in [5.74, 6) is -0.504. The third-order valence-corrected chi connectivity index (χ3v) is 1.76. The number of methoxy groups -OCH3 is 1. The molecule has 1 rings (SSSR count). The largest absolute Gasteiger partial charge is 0.464 e. The molecular formula is C7H11N3O2. The summed E-state index contributed by atoms with van der Waals surface area (Å²) in [5.41, 5.74) is 6.91. The molecule has 5 heteroatoms. The van der Waals surface area contributed by atoms with Crippen LogP contribution in [0.5, 0.6) is 0 Å². The first kappa shape index (κ1) is 8.58. The van der Waals surface area contributed by atoms with E-state index in [1.165, 1.54) is 7.11 Å². The van der Waals surface area contributed by atoms with Crippen LogP contribution in [-0.2, 0) is 11.8 Å². The molecule has 0 amide bonds. The Morgan fingerprint density at radius 1 is 1.67 bits per heavy atom. The molecule has 2 N–H and O–H groups in total. The van der Waals surface area contributed by atoms with Crippen molar-refractivity contribution < 1.29 is 9.53 Å². The fraction of sp³-hybridized carbons (Fsp3) is 0.429. The lowest BCUT2D eigenvalue weighted by atomic mass is 10.3. The molecule has 0 saturated heterocycles. The van der Waals surface area contributed by atoms with E-state index in [9.17, 15) is 4.79 Å². The molecule has 0 aliphatic carbocycles. The van der Waals surface area contributed by atoms with Crippen molar-refractivity contribution in [3.05, 3.63) is 11.4 Å². The van der Waals surface area contributed by atoms with Crippen LogP contribution < -0.4 is 5.73 Å². The molecule has 0 fully saturated rings. The number of anilines is 1. The first-order chi connectivity index (χ1) is 5.57. The fourth-order valence-electron chi connectivity index (χ4n) is 0.872. The second-order valence-electron chi connectivity index (χ2n) is 2.46. The monoisotopic (exact) mass is 169 g/mol. The molecule has 0 bridgehead atoms. The molecule has 0 aliphatic heterocycles. The van der Waals surface area contributed by atoms with Gasteiger partial charge in [0.15, 0.2) is 5.69 Å². The predicted octanol–water partition coefficient (Wildman–Crippen LogP) is 0.0973. The van der Waals surface area contributed by atoms with Gasteiger partial charge in [0, 0.05) is 7.05 Å². The van der Waals surface area contributed by atoms with E-state index in [1.54, 1.807) is 18.7 Å². The second-order valence-corrected chi connectivity index (χ2v) is 2.46. The van der Waals surface area contributed by atoms with Crippen molar-refractivity contribution in [1.82, 2.24) is 9.78 Å². The van der Waals surface area contributed by atoms with E-state index >= 15 is 0 Å². The lowest BCUT2D eigenvalue weighted by Crippen LogP contribution is -2.05. The van der Waals surface area contributed by atoms with Crippen LogP contribution in [0, 0.1) is 6.92 Å². The number of nitrogens with two attached hydrogens (primary N) is 1. The lowest BCUT2D eigenvalue weighted by Gasteiger charge is -1.93. The van der Waals surface area contributed by atoms with Gasteiger partial charge in [-0.15, -0.1) is 0 Å². The highest BCUT2D eigenvalue weighted by Gasteiger charge is 2.16. The number of hydrogen-bond acceptors (Lipinski definition) is 4. The molecule has 0 spiro atoms. The molecule has 0 aliphatic rings. The maximum atomic E-state index is 11.0. The minimum atomic E-state index is -0.504. The average Bonchev–Trinajstić information content (AvgIpc) is 2.32. The van der Waals surface area contributed by atoms with Crippen LogP contribution in [-0.4, -0.2) is 22.9 Å². The molecular weight excluding hydrogens is 158 g/mol. The number of carbonyl (C=O) groups excluding carboxylic acids is 1. The van der Waals surface area contributed by atoms with Gasteiger partial charge in [0.25, 0.3) is 0 Å². The third kappa shape index (κ3) is 1.13. The number of nitrogen functional groups attached to an aromatic ring is 1. The van der Waals surface area contributed by atoms with Crippen LogP contribution in [0.1, 0.15) is 16.2 Å². The Bertz CT molecular complexity index is 317. The van der Waals surface area contributed by atoms with Crippen LogP contribution in [0.4, 0.5) is 5.69 Å². The summed E-state index contributed by atoms with van der Waals surface area (Å²) in [6, 6.07) is 0. The molecule has 0 saturated carbocycles. The molecule has 12 heavy (non-hydrogen) atoms. The van der Waals surface area contributed by atoms with Gasteiger partial charge in [-0.2, -0.15) is 5.10 Å². The number of ether oxygens (including phenoxy) is 1. The van der Waals surface area contributed by atoms with Crippen molar-refractivity contribution in [1.29, 1.82) is 0 Å². The van der Waals surface area contributed by atoms with Gasteiger partial charge in [-0.3, -0.25) is 4.68 Å². The van der Waals surface area contributed by atoms with E-state index in [2.05, 4.69) is 9.84 Å². The Morgan fingerprint density at radius 2 is 2.25 bits per heavy atom. The summed E-state index contributed by atoms with van der Waals surface area (Å²) < 4.78 is 6.03. The van der Waals surface area contributed by atoms with Gasteiger partial charge in [0.1, 0.15) is 0 Å². The number of nitrogens with zero attached hydrogens (tertiary/aromatic N) is 2. The van der Waals surface area contributed by atoms with Crippen molar-refractivity contribution in [3.8, 4) is 0 Å². The summed E-state index contributed by atoms with van der Waals surface area (Å²) in [5, 5.41) is 3.90. The molecule has 0 unspecified atom stereocenters. The highest BCUT2D eigenvalue weighted by molar-refractivity contribution is 5.93. The number of aryl methyl sites for hydroxylation is 1. The normalized spacial score (nSPS) is 9.92. The number of aromatic nitrogens is 2. The zero-order valence-electron chi connectivity index (χ0n) is 7.29. The van der Waals surface area contributed by atoms with E-state index in [4.69, 9.17) is 5.73 Å². The first-order valence-corrected chi connectivity index (χ1v) is 3.45. The molecule has 1 aromatic rings. The van der Waals surface area contributed by atoms with Gasteiger partial charge in [-0.1, -0.05) is 0 Å². The number of hydrogen-bond donors (Lipinski definition) is 1. The minimum Gasteiger partial charge on any atom is -0.464 e. The SMILES string of the molecule is COC(=O)c1nn(C)c(C)c1N. The molecule has 0 atom stereocenters. The Morgan fingerprint density at radius 3 is 2.58 bits per heavy atom. The van der Waals surface area contributed by atoms with Crippen LogP contribution in [0.25, 0.3) is 0 Å². The Labute approximate surface area is 70.1 Å². The fourth-order valence-corrected chi connectivity index (χ4v) is 0.872. The van der Waals surface area contributed by atoms with Crippen molar-refractivity contribution in [3.63, 3.8) is 0 Å². The van der Waals surface area contributed by atoms with E-state index < -0.39 is 5.97 Å². The summed E-state index contributed by atoms with van der Waals surface area (Å²) in [7, 11) is 3.02. The Kier molecular flexibility index (Phi) is 2.03. The van der Waals surface area contributed by atoms with E-state index in [0.717, 1.165) is 5.69 Å². The topological polar surface area (TPSA) is 70.1 Å². The number of esters is 1. The van der Waals surface area contributed by atoms with Crippen molar-refractivity contribution in [2.45, 2.75) is 6.92 Å². The zero-order valence-corrected chi connectivity index (χ0v) is 7.29. The van der Waals surface area contributed by atoms with Gasteiger partial charge in [-0.05, 0) is 6.92 Å². The van der Waals surface area contributed by atoms with Gasteiger partial charge >= 0.3 is 5.97 Å². The molecule has 1 heterocycles. The van der Waals surface area contributed by atoms with Gasteiger partial charge < -0.3 is 10.5 Å². The molecule has 66 valence electrons. The van der Waals surface area contributed by atoms with Crippen LogP contribution in [0.15, 0.2) is 0 Å². The molecule has 5 nitrogen and oxygen atoms in total.